The second-order valence-electron chi connectivity index (χ2n) is 6.64. The molecule has 1 unspecified atom stereocenters. The SMILES string of the molecule is C=C(C)C(CC(C)(CCC)CCC)C(=C)C(C)C. The van der Waals surface area contributed by atoms with Crippen molar-refractivity contribution >= 4 is 0 Å². The molecular weight excluding hydrogens is 216 g/mol. The van der Waals surface area contributed by atoms with Crippen molar-refractivity contribution in [1.29, 1.82) is 0 Å². The standard InChI is InChI=1S/C18H34/c1-9-11-18(8,12-10-2)13-17(15(5)6)16(7)14(3)4/h14,17H,5,7,9-13H2,1-4,6,8H3. The Bertz CT molecular complexity index is 264. The van der Waals surface area contributed by atoms with E-state index in [9.17, 15) is 0 Å². The van der Waals surface area contributed by atoms with E-state index in [0.29, 0.717) is 17.3 Å². The molecule has 0 aromatic rings. The van der Waals surface area contributed by atoms with E-state index < -0.39 is 0 Å². The van der Waals surface area contributed by atoms with E-state index in [1.807, 2.05) is 0 Å². The molecule has 0 aliphatic heterocycles. The lowest BCUT2D eigenvalue weighted by atomic mass is 9.70. The third kappa shape index (κ3) is 5.42. The van der Waals surface area contributed by atoms with E-state index >= 15 is 0 Å². The van der Waals surface area contributed by atoms with Gasteiger partial charge < -0.3 is 0 Å². The molecule has 0 spiro atoms. The molecule has 0 N–H and O–H groups in total. The third-order valence-electron chi connectivity index (χ3n) is 4.19. The summed E-state index contributed by atoms with van der Waals surface area (Å²) < 4.78 is 0. The minimum Gasteiger partial charge on any atom is -0.0995 e. The summed E-state index contributed by atoms with van der Waals surface area (Å²) in [5.74, 6) is 1.05. The highest BCUT2D eigenvalue weighted by Gasteiger charge is 2.28. The van der Waals surface area contributed by atoms with Gasteiger partial charge in [-0.2, -0.15) is 0 Å². The largest absolute Gasteiger partial charge is 0.0995 e. The van der Waals surface area contributed by atoms with E-state index in [1.54, 1.807) is 0 Å². The van der Waals surface area contributed by atoms with Crippen molar-refractivity contribution in [2.24, 2.45) is 17.3 Å². The third-order valence-corrected chi connectivity index (χ3v) is 4.19. The predicted molar refractivity (Wildman–Crippen MR) is 84.8 cm³/mol. The second-order valence-corrected chi connectivity index (χ2v) is 6.64. The summed E-state index contributed by atoms with van der Waals surface area (Å²) >= 11 is 0. The summed E-state index contributed by atoms with van der Waals surface area (Å²) in [6, 6.07) is 0. The molecule has 0 rings (SSSR count). The van der Waals surface area contributed by atoms with Crippen LogP contribution in [0.15, 0.2) is 24.3 Å². The highest BCUT2D eigenvalue weighted by atomic mass is 14.3. The van der Waals surface area contributed by atoms with Gasteiger partial charge in [0.2, 0.25) is 0 Å². The zero-order chi connectivity index (χ0) is 14.3. The van der Waals surface area contributed by atoms with Gasteiger partial charge in [0.1, 0.15) is 0 Å². The minimum atomic E-state index is 0.449. The monoisotopic (exact) mass is 250 g/mol. The Kier molecular flexibility index (Phi) is 7.59. The van der Waals surface area contributed by atoms with Crippen molar-refractivity contribution in [1.82, 2.24) is 0 Å². The zero-order valence-electron chi connectivity index (χ0n) is 13.6. The molecule has 0 aliphatic carbocycles. The van der Waals surface area contributed by atoms with Gasteiger partial charge in [-0.05, 0) is 37.5 Å². The van der Waals surface area contributed by atoms with Crippen LogP contribution in [0.25, 0.3) is 0 Å². The Morgan fingerprint density at radius 3 is 1.78 bits per heavy atom. The van der Waals surface area contributed by atoms with E-state index in [1.165, 1.54) is 43.3 Å². The van der Waals surface area contributed by atoms with Gasteiger partial charge in [-0.1, -0.05) is 71.8 Å². The summed E-state index contributed by atoms with van der Waals surface area (Å²) in [7, 11) is 0. The van der Waals surface area contributed by atoms with Crippen molar-refractivity contribution in [3.05, 3.63) is 24.3 Å². The van der Waals surface area contributed by atoms with Crippen LogP contribution in [-0.4, -0.2) is 0 Å². The predicted octanol–water partition coefficient (Wildman–Crippen LogP) is 6.39. The Morgan fingerprint density at radius 1 is 1.06 bits per heavy atom. The molecule has 0 aromatic heterocycles. The van der Waals surface area contributed by atoms with Gasteiger partial charge in [0.25, 0.3) is 0 Å². The van der Waals surface area contributed by atoms with Crippen LogP contribution in [0, 0.1) is 17.3 Å². The molecule has 18 heavy (non-hydrogen) atoms. The number of rotatable bonds is 9. The highest BCUT2D eigenvalue weighted by molar-refractivity contribution is 5.17. The van der Waals surface area contributed by atoms with Crippen LogP contribution in [0.2, 0.25) is 0 Å². The van der Waals surface area contributed by atoms with Crippen LogP contribution in [0.4, 0.5) is 0 Å². The maximum Gasteiger partial charge on any atom is 0.000651 e. The van der Waals surface area contributed by atoms with Crippen molar-refractivity contribution in [3.63, 3.8) is 0 Å². The molecule has 0 saturated carbocycles. The van der Waals surface area contributed by atoms with Crippen molar-refractivity contribution in [3.8, 4) is 0 Å². The molecule has 0 heterocycles. The molecular formula is C18H34. The molecule has 1 atom stereocenters. The highest BCUT2D eigenvalue weighted by Crippen LogP contribution is 2.41. The molecule has 0 aliphatic rings. The van der Waals surface area contributed by atoms with Gasteiger partial charge in [0.15, 0.2) is 0 Å². The number of hydrogen-bond acceptors (Lipinski definition) is 0. The fraction of sp³-hybridized carbons (Fsp3) is 0.778. The van der Waals surface area contributed by atoms with Crippen LogP contribution in [-0.2, 0) is 0 Å². The van der Waals surface area contributed by atoms with E-state index in [0.717, 1.165) is 0 Å². The molecule has 0 saturated heterocycles. The summed E-state index contributed by atoms with van der Waals surface area (Å²) in [6.07, 6.45) is 6.40. The first kappa shape index (κ1) is 17.5. The lowest BCUT2D eigenvalue weighted by Gasteiger charge is -2.35. The normalized spacial score (nSPS) is 13.7. The first-order valence-corrected chi connectivity index (χ1v) is 7.61. The van der Waals surface area contributed by atoms with Gasteiger partial charge in [-0.3, -0.25) is 0 Å². The van der Waals surface area contributed by atoms with Crippen LogP contribution in [0.5, 0.6) is 0 Å². The fourth-order valence-corrected chi connectivity index (χ4v) is 3.05. The number of allylic oxidation sites excluding steroid dienone is 2. The van der Waals surface area contributed by atoms with Crippen molar-refractivity contribution in [2.75, 3.05) is 0 Å². The fourth-order valence-electron chi connectivity index (χ4n) is 3.05. The molecule has 106 valence electrons. The first-order chi connectivity index (χ1) is 8.27. The Labute approximate surface area is 116 Å². The first-order valence-electron chi connectivity index (χ1n) is 7.61. The summed E-state index contributed by atoms with van der Waals surface area (Å²) in [6.45, 7) is 22.2. The van der Waals surface area contributed by atoms with Gasteiger partial charge >= 0.3 is 0 Å². The topological polar surface area (TPSA) is 0 Å². The molecule has 0 nitrogen and oxygen atoms in total. The Balaban J connectivity index is 4.93. The quantitative estimate of drug-likeness (QED) is 0.416. The smallest absolute Gasteiger partial charge is 0.000651 e. The van der Waals surface area contributed by atoms with Crippen molar-refractivity contribution < 1.29 is 0 Å². The van der Waals surface area contributed by atoms with Crippen LogP contribution in [0.3, 0.4) is 0 Å². The Morgan fingerprint density at radius 2 is 1.50 bits per heavy atom. The van der Waals surface area contributed by atoms with Crippen LogP contribution >= 0.6 is 0 Å². The molecule has 0 heteroatoms. The average molecular weight is 250 g/mol. The van der Waals surface area contributed by atoms with Crippen LogP contribution < -0.4 is 0 Å². The van der Waals surface area contributed by atoms with E-state index in [-0.39, 0.29) is 0 Å². The summed E-state index contributed by atoms with van der Waals surface area (Å²) in [5, 5.41) is 0. The number of hydrogen-bond donors (Lipinski definition) is 0. The Hall–Kier alpha value is -0.520. The molecule has 0 amide bonds. The molecule has 0 aromatic carbocycles. The summed E-state index contributed by atoms with van der Waals surface area (Å²) in [4.78, 5) is 0. The lowest BCUT2D eigenvalue weighted by molar-refractivity contribution is 0.219. The maximum absolute atomic E-state index is 4.32. The second kappa shape index (κ2) is 7.81. The van der Waals surface area contributed by atoms with E-state index in [4.69, 9.17) is 0 Å². The minimum absolute atomic E-state index is 0.449. The summed E-state index contributed by atoms with van der Waals surface area (Å²) in [5.41, 5.74) is 3.10. The van der Waals surface area contributed by atoms with Gasteiger partial charge in [0.05, 0.1) is 0 Å². The van der Waals surface area contributed by atoms with E-state index in [2.05, 4.69) is 54.7 Å². The zero-order valence-corrected chi connectivity index (χ0v) is 13.6. The molecule has 0 radical (unpaired) electrons. The van der Waals surface area contributed by atoms with Crippen molar-refractivity contribution in [2.45, 2.75) is 73.6 Å². The molecule has 0 bridgehead atoms. The maximum atomic E-state index is 4.32. The van der Waals surface area contributed by atoms with Gasteiger partial charge in [-0.25, -0.2) is 0 Å². The lowest BCUT2D eigenvalue weighted by Crippen LogP contribution is -2.23. The average Bonchev–Trinajstić information content (AvgIpc) is 2.25. The van der Waals surface area contributed by atoms with Gasteiger partial charge in [0, 0.05) is 5.92 Å². The van der Waals surface area contributed by atoms with Crippen LogP contribution in [0.1, 0.15) is 73.6 Å². The van der Waals surface area contributed by atoms with Gasteiger partial charge in [-0.15, -0.1) is 0 Å². The molecule has 0 fully saturated rings.